The molecule has 0 aliphatic carbocycles. The zero-order valence-corrected chi connectivity index (χ0v) is 20.6. The maximum Gasteiger partial charge on any atom is 0.278 e. The Morgan fingerprint density at radius 1 is 1.17 bits per heavy atom. The Labute approximate surface area is 208 Å². The second-order valence-electron chi connectivity index (χ2n) is 9.59. The van der Waals surface area contributed by atoms with Crippen molar-refractivity contribution in [2.24, 2.45) is 0 Å². The van der Waals surface area contributed by atoms with Gasteiger partial charge in [0.1, 0.15) is 5.39 Å². The van der Waals surface area contributed by atoms with Gasteiger partial charge in [0, 0.05) is 31.6 Å². The normalized spacial score (nSPS) is 16.7. The van der Waals surface area contributed by atoms with Gasteiger partial charge >= 0.3 is 0 Å². The topological polar surface area (TPSA) is 108 Å². The SMILES string of the molecule is COC1(c2cccc(-n3c4nc(Nc5ccc6c(c5)CCNC6)ncc4c(=O)n3C(C)C)n2)COC1. The van der Waals surface area contributed by atoms with Gasteiger partial charge in [0.15, 0.2) is 17.1 Å². The van der Waals surface area contributed by atoms with Crippen molar-refractivity contribution in [2.75, 3.05) is 32.2 Å². The van der Waals surface area contributed by atoms with E-state index in [9.17, 15) is 4.79 Å². The molecule has 2 aliphatic rings. The van der Waals surface area contributed by atoms with E-state index >= 15 is 0 Å². The third-order valence-electron chi connectivity index (χ3n) is 6.94. The molecule has 1 fully saturated rings. The van der Waals surface area contributed by atoms with Gasteiger partial charge in [0.25, 0.3) is 5.56 Å². The average Bonchev–Trinajstić information content (AvgIpc) is 3.16. The molecule has 10 nitrogen and oxygen atoms in total. The summed E-state index contributed by atoms with van der Waals surface area (Å²) < 4.78 is 14.6. The Morgan fingerprint density at radius 2 is 2.03 bits per heavy atom. The number of anilines is 2. The number of hydrogen-bond donors (Lipinski definition) is 2. The smallest absolute Gasteiger partial charge is 0.278 e. The van der Waals surface area contributed by atoms with E-state index in [0.717, 1.165) is 30.9 Å². The number of nitrogens with zero attached hydrogens (tertiary/aromatic N) is 5. The van der Waals surface area contributed by atoms with Crippen LogP contribution < -0.4 is 16.2 Å². The van der Waals surface area contributed by atoms with Crippen molar-refractivity contribution < 1.29 is 9.47 Å². The minimum atomic E-state index is -0.578. The van der Waals surface area contributed by atoms with Gasteiger partial charge in [0.05, 0.1) is 18.9 Å². The van der Waals surface area contributed by atoms with Crippen LogP contribution in [0.25, 0.3) is 16.9 Å². The van der Waals surface area contributed by atoms with Gasteiger partial charge in [-0.05, 0) is 62.2 Å². The second-order valence-corrected chi connectivity index (χ2v) is 9.59. The number of ether oxygens (including phenoxy) is 2. The fourth-order valence-corrected chi connectivity index (χ4v) is 4.88. The number of nitrogens with one attached hydrogen (secondary N) is 2. The number of hydrogen-bond acceptors (Lipinski definition) is 8. The van der Waals surface area contributed by atoms with Crippen molar-refractivity contribution in [3.8, 4) is 5.82 Å². The summed E-state index contributed by atoms with van der Waals surface area (Å²) in [7, 11) is 1.66. The molecule has 4 aromatic rings. The van der Waals surface area contributed by atoms with Gasteiger partial charge in [-0.3, -0.25) is 4.79 Å². The lowest BCUT2D eigenvalue weighted by Gasteiger charge is -2.39. The summed E-state index contributed by atoms with van der Waals surface area (Å²) in [5.74, 6) is 1.01. The van der Waals surface area contributed by atoms with E-state index in [-0.39, 0.29) is 11.6 Å². The van der Waals surface area contributed by atoms with Crippen LogP contribution in [0.5, 0.6) is 0 Å². The average molecular weight is 488 g/mol. The van der Waals surface area contributed by atoms with Crippen molar-refractivity contribution in [2.45, 2.75) is 38.5 Å². The number of methoxy groups -OCH3 is 1. The Bertz CT molecular complexity index is 1500. The zero-order chi connectivity index (χ0) is 24.9. The van der Waals surface area contributed by atoms with Gasteiger partial charge < -0.3 is 20.1 Å². The van der Waals surface area contributed by atoms with Gasteiger partial charge in [-0.2, -0.15) is 4.98 Å². The van der Waals surface area contributed by atoms with Crippen molar-refractivity contribution in [1.82, 2.24) is 29.6 Å². The van der Waals surface area contributed by atoms with Crippen molar-refractivity contribution in [3.63, 3.8) is 0 Å². The van der Waals surface area contributed by atoms with Crippen LogP contribution in [0.4, 0.5) is 11.6 Å². The van der Waals surface area contributed by atoms with Gasteiger partial charge in [0.2, 0.25) is 5.95 Å². The lowest BCUT2D eigenvalue weighted by Crippen LogP contribution is -2.49. The second kappa shape index (κ2) is 8.81. The molecular weight excluding hydrogens is 458 g/mol. The molecule has 10 heteroatoms. The largest absolute Gasteiger partial charge is 0.374 e. The highest BCUT2D eigenvalue weighted by molar-refractivity contribution is 5.77. The standard InChI is InChI=1S/C26H29N7O3/c1-16(2)32-24(34)20-13-28-25(29-19-8-7-18-12-27-10-9-17(18)11-19)31-23(20)33(32)22-6-4-5-21(30-22)26(35-3)14-36-15-26/h4-8,11,13,16,27H,9-10,12,14-15H2,1-3H3,(H,28,29,31). The first-order chi connectivity index (χ1) is 17.5. The Morgan fingerprint density at radius 3 is 2.78 bits per heavy atom. The summed E-state index contributed by atoms with van der Waals surface area (Å²) in [6.45, 7) is 6.66. The molecule has 0 spiro atoms. The van der Waals surface area contributed by atoms with Crippen LogP contribution in [0.1, 0.15) is 36.7 Å². The molecule has 0 bridgehead atoms. The quantitative estimate of drug-likeness (QED) is 0.428. The van der Waals surface area contributed by atoms with Crippen LogP contribution in [0, 0.1) is 0 Å². The third kappa shape index (κ3) is 3.69. The fourth-order valence-electron chi connectivity index (χ4n) is 4.88. The van der Waals surface area contributed by atoms with E-state index in [1.165, 1.54) is 11.1 Å². The molecule has 1 aromatic carbocycles. The predicted molar refractivity (Wildman–Crippen MR) is 136 cm³/mol. The Hall–Kier alpha value is -3.60. The molecule has 1 saturated heterocycles. The van der Waals surface area contributed by atoms with E-state index in [4.69, 9.17) is 19.4 Å². The third-order valence-corrected chi connectivity index (χ3v) is 6.94. The molecule has 0 radical (unpaired) electrons. The molecule has 0 saturated carbocycles. The number of aromatic nitrogens is 5. The molecule has 6 rings (SSSR count). The van der Waals surface area contributed by atoms with E-state index in [0.29, 0.717) is 36.0 Å². The molecule has 186 valence electrons. The summed E-state index contributed by atoms with van der Waals surface area (Å²) in [6.07, 6.45) is 2.57. The lowest BCUT2D eigenvalue weighted by atomic mass is 9.97. The van der Waals surface area contributed by atoms with Crippen LogP contribution in [0.2, 0.25) is 0 Å². The maximum absolute atomic E-state index is 13.4. The summed E-state index contributed by atoms with van der Waals surface area (Å²) in [5.41, 5.74) is 4.06. The molecule has 3 aromatic heterocycles. The van der Waals surface area contributed by atoms with Crippen LogP contribution in [0.15, 0.2) is 47.4 Å². The summed E-state index contributed by atoms with van der Waals surface area (Å²) in [5, 5.41) is 7.15. The van der Waals surface area contributed by atoms with Gasteiger partial charge in [-0.1, -0.05) is 12.1 Å². The van der Waals surface area contributed by atoms with Crippen molar-refractivity contribution in [1.29, 1.82) is 0 Å². The number of pyridine rings is 1. The lowest BCUT2D eigenvalue weighted by molar-refractivity contribution is -0.204. The molecule has 5 heterocycles. The van der Waals surface area contributed by atoms with E-state index < -0.39 is 5.60 Å². The first-order valence-corrected chi connectivity index (χ1v) is 12.2. The van der Waals surface area contributed by atoms with E-state index in [2.05, 4.69) is 27.8 Å². The highest BCUT2D eigenvalue weighted by Crippen LogP contribution is 2.32. The zero-order valence-electron chi connectivity index (χ0n) is 20.6. The Balaban J connectivity index is 1.45. The predicted octanol–water partition coefficient (Wildman–Crippen LogP) is 2.82. The van der Waals surface area contributed by atoms with Crippen molar-refractivity contribution in [3.05, 3.63) is 69.8 Å². The molecule has 36 heavy (non-hydrogen) atoms. The molecular formula is C26H29N7O3. The van der Waals surface area contributed by atoms with Crippen LogP contribution in [-0.2, 0) is 28.0 Å². The summed E-state index contributed by atoms with van der Waals surface area (Å²) >= 11 is 0. The maximum atomic E-state index is 13.4. The summed E-state index contributed by atoms with van der Waals surface area (Å²) in [4.78, 5) is 27.5. The first-order valence-electron chi connectivity index (χ1n) is 12.2. The van der Waals surface area contributed by atoms with Gasteiger partial charge in [-0.25, -0.2) is 19.3 Å². The highest BCUT2D eigenvalue weighted by Gasteiger charge is 2.42. The highest BCUT2D eigenvalue weighted by atomic mass is 16.6. The number of rotatable bonds is 6. The number of fused-ring (bicyclic) bond motifs is 2. The fraction of sp³-hybridized carbons (Fsp3) is 0.385. The van der Waals surface area contributed by atoms with Crippen LogP contribution in [-0.4, -0.2) is 51.2 Å². The van der Waals surface area contributed by atoms with E-state index in [1.54, 1.807) is 22.7 Å². The van der Waals surface area contributed by atoms with Crippen molar-refractivity contribution >= 4 is 22.7 Å². The monoisotopic (exact) mass is 487 g/mol. The van der Waals surface area contributed by atoms with Gasteiger partial charge in [-0.15, -0.1) is 0 Å². The molecule has 2 aliphatic heterocycles. The van der Waals surface area contributed by atoms with Crippen LogP contribution >= 0.6 is 0 Å². The van der Waals surface area contributed by atoms with E-state index in [1.807, 2.05) is 38.1 Å². The first kappa shape index (κ1) is 22.8. The molecule has 0 unspecified atom stereocenters. The summed E-state index contributed by atoms with van der Waals surface area (Å²) in [6, 6.07) is 11.9. The number of benzene rings is 1. The molecule has 0 atom stereocenters. The Kier molecular flexibility index (Phi) is 5.59. The van der Waals surface area contributed by atoms with Crippen LogP contribution in [0.3, 0.4) is 0 Å². The minimum Gasteiger partial charge on any atom is -0.374 e. The molecule has 0 amide bonds. The molecule has 2 N–H and O–H groups in total. The minimum absolute atomic E-state index is 0.119.